The first-order chi connectivity index (χ1) is 6.91. The molecule has 1 aromatic rings. The summed E-state index contributed by atoms with van der Waals surface area (Å²) in [7, 11) is 0. The number of amides is 1. The third kappa shape index (κ3) is 2.79. The number of thiophene rings is 1. The molecule has 15 heavy (non-hydrogen) atoms. The SMILES string of the molecule is Cc1cc(C(=O)O[C@@H](C)C(N)=O)c(C)s1. The average molecular weight is 227 g/mol. The minimum Gasteiger partial charge on any atom is -0.449 e. The van der Waals surface area contributed by atoms with E-state index in [1.165, 1.54) is 18.3 Å². The zero-order chi connectivity index (χ0) is 11.6. The van der Waals surface area contributed by atoms with E-state index in [1.807, 2.05) is 13.8 Å². The predicted molar refractivity (Wildman–Crippen MR) is 57.9 cm³/mol. The van der Waals surface area contributed by atoms with Crippen LogP contribution in [-0.2, 0) is 9.53 Å². The van der Waals surface area contributed by atoms with Crippen LogP contribution in [0.4, 0.5) is 0 Å². The smallest absolute Gasteiger partial charge is 0.340 e. The van der Waals surface area contributed by atoms with Crippen molar-refractivity contribution in [1.82, 2.24) is 0 Å². The molecular formula is C10H13NO3S. The summed E-state index contributed by atoms with van der Waals surface area (Å²) in [6.45, 7) is 5.20. The minimum atomic E-state index is -0.892. The molecule has 0 saturated carbocycles. The lowest BCUT2D eigenvalue weighted by atomic mass is 10.2. The minimum absolute atomic E-state index is 0.497. The van der Waals surface area contributed by atoms with Gasteiger partial charge < -0.3 is 10.5 Å². The van der Waals surface area contributed by atoms with Crippen LogP contribution >= 0.6 is 11.3 Å². The molecule has 5 heteroatoms. The van der Waals surface area contributed by atoms with Gasteiger partial charge in [-0.25, -0.2) is 4.79 Å². The van der Waals surface area contributed by atoms with Gasteiger partial charge in [-0.1, -0.05) is 0 Å². The molecule has 0 spiro atoms. The largest absolute Gasteiger partial charge is 0.449 e. The van der Waals surface area contributed by atoms with Gasteiger partial charge in [-0.3, -0.25) is 4.79 Å². The average Bonchev–Trinajstić information content (AvgIpc) is 2.44. The Bertz CT molecular complexity index is 397. The highest BCUT2D eigenvalue weighted by molar-refractivity contribution is 7.12. The molecule has 82 valence electrons. The third-order valence-corrected chi connectivity index (χ3v) is 2.91. The fourth-order valence-electron chi connectivity index (χ4n) is 1.12. The van der Waals surface area contributed by atoms with Gasteiger partial charge in [0.05, 0.1) is 5.56 Å². The standard InChI is InChI=1S/C10H13NO3S/c1-5-4-8(7(3)15-5)10(13)14-6(2)9(11)12/h4,6H,1-3H3,(H2,11,12)/t6-/m0/s1. The second-order valence-corrected chi connectivity index (χ2v) is 4.74. The molecule has 0 saturated heterocycles. The Hall–Kier alpha value is -1.36. The Labute approximate surface area is 92.0 Å². The van der Waals surface area contributed by atoms with E-state index in [-0.39, 0.29) is 0 Å². The first-order valence-electron chi connectivity index (χ1n) is 4.49. The molecule has 0 aliphatic heterocycles. The number of hydrogen-bond donors (Lipinski definition) is 1. The summed E-state index contributed by atoms with van der Waals surface area (Å²) in [5.74, 6) is -1.14. The predicted octanol–water partition coefficient (Wildman–Crippen LogP) is 1.40. The van der Waals surface area contributed by atoms with Crippen molar-refractivity contribution in [2.45, 2.75) is 26.9 Å². The van der Waals surface area contributed by atoms with E-state index < -0.39 is 18.0 Å². The van der Waals surface area contributed by atoms with E-state index in [1.54, 1.807) is 6.07 Å². The van der Waals surface area contributed by atoms with Gasteiger partial charge in [0.1, 0.15) is 0 Å². The zero-order valence-corrected chi connectivity index (χ0v) is 9.68. The van der Waals surface area contributed by atoms with Crippen molar-refractivity contribution in [3.8, 4) is 0 Å². The van der Waals surface area contributed by atoms with Gasteiger partial charge in [-0.05, 0) is 26.8 Å². The first kappa shape index (κ1) is 11.7. The van der Waals surface area contributed by atoms with Gasteiger partial charge in [-0.2, -0.15) is 0 Å². The van der Waals surface area contributed by atoms with Crippen molar-refractivity contribution < 1.29 is 14.3 Å². The van der Waals surface area contributed by atoms with Crippen molar-refractivity contribution >= 4 is 23.2 Å². The highest BCUT2D eigenvalue weighted by Crippen LogP contribution is 2.21. The van der Waals surface area contributed by atoms with Crippen LogP contribution in [0.3, 0.4) is 0 Å². The Morgan fingerprint density at radius 2 is 2.07 bits per heavy atom. The van der Waals surface area contributed by atoms with Crippen LogP contribution in [0.2, 0.25) is 0 Å². The maximum Gasteiger partial charge on any atom is 0.340 e. The van der Waals surface area contributed by atoms with E-state index in [0.29, 0.717) is 5.56 Å². The molecule has 0 aliphatic carbocycles. The number of carbonyl (C=O) groups excluding carboxylic acids is 2. The molecule has 0 aliphatic rings. The van der Waals surface area contributed by atoms with Crippen molar-refractivity contribution in [3.63, 3.8) is 0 Å². The lowest BCUT2D eigenvalue weighted by molar-refractivity contribution is -0.125. The fraction of sp³-hybridized carbons (Fsp3) is 0.400. The number of carbonyl (C=O) groups is 2. The van der Waals surface area contributed by atoms with E-state index in [2.05, 4.69) is 0 Å². The van der Waals surface area contributed by atoms with E-state index >= 15 is 0 Å². The number of aryl methyl sites for hydroxylation is 2. The molecule has 0 bridgehead atoms. The summed E-state index contributed by atoms with van der Waals surface area (Å²) in [6.07, 6.45) is -0.892. The van der Waals surface area contributed by atoms with E-state index in [0.717, 1.165) is 9.75 Å². The van der Waals surface area contributed by atoms with Crippen molar-refractivity contribution in [2.24, 2.45) is 5.73 Å². The monoisotopic (exact) mass is 227 g/mol. The number of esters is 1. The van der Waals surface area contributed by atoms with Gasteiger partial charge in [-0.15, -0.1) is 11.3 Å². The summed E-state index contributed by atoms with van der Waals surface area (Å²) < 4.78 is 4.89. The molecule has 1 amide bonds. The van der Waals surface area contributed by atoms with Crippen LogP contribution < -0.4 is 5.73 Å². The molecule has 0 unspecified atom stereocenters. The van der Waals surface area contributed by atoms with Crippen LogP contribution in [0.1, 0.15) is 27.0 Å². The molecule has 1 atom stereocenters. The summed E-state index contributed by atoms with van der Waals surface area (Å²) >= 11 is 1.52. The number of ether oxygens (including phenoxy) is 1. The quantitative estimate of drug-likeness (QED) is 0.793. The van der Waals surface area contributed by atoms with Crippen LogP contribution in [-0.4, -0.2) is 18.0 Å². The van der Waals surface area contributed by atoms with Gasteiger partial charge in [0, 0.05) is 9.75 Å². The Morgan fingerprint density at radius 1 is 1.47 bits per heavy atom. The molecule has 2 N–H and O–H groups in total. The van der Waals surface area contributed by atoms with Crippen molar-refractivity contribution in [3.05, 3.63) is 21.4 Å². The summed E-state index contributed by atoms with van der Waals surface area (Å²) in [6, 6.07) is 1.75. The molecule has 1 rings (SSSR count). The summed E-state index contributed by atoms with van der Waals surface area (Å²) in [5.41, 5.74) is 5.50. The van der Waals surface area contributed by atoms with Crippen molar-refractivity contribution in [1.29, 1.82) is 0 Å². The maximum atomic E-state index is 11.6. The van der Waals surface area contributed by atoms with Crippen LogP contribution in [0.25, 0.3) is 0 Å². The number of nitrogens with two attached hydrogens (primary N) is 1. The normalized spacial score (nSPS) is 12.2. The summed E-state index contributed by atoms with van der Waals surface area (Å²) in [5, 5.41) is 0. The molecular weight excluding hydrogens is 214 g/mol. The second kappa shape index (κ2) is 4.44. The Morgan fingerprint density at radius 3 is 2.47 bits per heavy atom. The Kier molecular flexibility index (Phi) is 3.47. The van der Waals surface area contributed by atoms with Gasteiger partial charge in [0.2, 0.25) is 0 Å². The van der Waals surface area contributed by atoms with Gasteiger partial charge in [0.25, 0.3) is 5.91 Å². The lowest BCUT2D eigenvalue weighted by Gasteiger charge is -2.08. The zero-order valence-electron chi connectivity index (χ0n) is 8.87. The van der Waals surface area contributed by atoms with Crippen molar-refractivity contribution in [2.75, 3.05) is 0 Å². The van der Waals surface area contributed by atoms with Gasteiger partial charge >= 0.3 is 5.97 Å². The van der Waals surface area contributed by atoms with Crippen LogP contribution in [0.5, 0.6) is 0 Å². The Balaban J connectivity index is 2.77. The molecule has 0 aromatic carbocycles. The maximum absolute atomic E-state index is 11.6. The van der Waals surface area contributed by atoms with Gasteiger partial charge in [0.15, 0.2) is 6.10 Å². The van der Waals surface area contributed by atoms with Crippen LogP contribution in [0.15, 0.2) is 6.07 Å². The molecule has 4 nitrogen and oxygen atoms in total. The third-order valence-electron chi connectivity index (χ3n) is 1.95. The fourth-order valence-corrected chi connectivity index (χ4v) is 2.03. The van der Waals surface area contributed by atoms with E-state index in [9.17, 15) is 9.59 Å². The number of rotatable bonds is 3. The number of primary amides is 1. The lowest BCUT2D eigenvalue weighted by Crippen LogP contribution is -2.30. The summed E-state index contributed by atoms with van der Waals surface area (Å²) in [4.78, 5) is 24.2. The molecule has 0 fully saturated rings. The van der Waals surface area contributed by atoms with Crippen LogP contribution in [0, 0.1) is 13.8 Å². The number of hydrogen-bond acceptors (Lipinski definition) is 4. The molecule has 0 radical (unpaired) electrons. The van der Waals surface area contributed by atoms with E-state index in [4.69, 9.17) is 10.5 Å². The molecule has 1 heterocycles. The highest BCUT2D eigenvalue weighted by Gasteiger charge is 2.18. The highest BCUT2D eigenvalue weighted by atomic mass is 32.1. The first-order valence-corrected chi connectivity index (χ1v) is 5.30. The second-order valence-electron chi connectivity index (χ2n) is 3.28. The topological polar surface area (TPSA) is 69.4 Å². The molecule has 1 aromatic heterocycles.